The van der Waals surface area contributed by atoms with Crippen molar-refractivity contribution in [2.45, 2.75) is 19.2 Å². The molecule has 1 heterocycles. The third-order valence-electron chi connectivity index (χ3n) is 1.23. The van der Waals surface area contributed by atoms with Crippen molar-refractivity contribution < 1.29 is 22.8 Å². The Bertz CT molecular complexity index is 268. The van der Waals surface area contributed by atoms with Gasteiger partial charge in [0.1, 0.15) is 0 Å². The topological polar surface area (TPSA) is 46.3 Å². The molecule has 0 aliphatic carbocycles. The molecule has 6 heteroatoms. The van der Waals surface area contributed by atoms with Crippen LogP contribution < -0.4 is 0 Å². The maximum Gasteiger partial charge on any atom is 0.421 e. The molecule has 0 amide bonds. The Balaban J connectivity index is 2.85. The quantitative estimate of drug-likeness (QED) is 0.715. The van der Waals surface area contributed by atoms with E-state index in [9.17, 15) is 13.2 Å². The highest BCUT2D eigenvalue weighted by Gasteiger charge is 2.41. The minimum atomic E-state index is -4.70. The van der Waals surface area contributed by atoms with Gasteiger partial charge in [-0.25, -0.2) is 0 Å². The van der Waals surface area contributed by atoms with Crippen molar-refractivity contribution in [2.75, 3.05) is 0 Å². The zero-order valence-electron chi connectivity index (χ0n) is 6.09. The first-order valence-corrected chi connectivity index (χ1v) is 3.09. The minimum absolute atomic E-state index is 0.299. The van der Waals surface area contributed by atoms with Gasteiger partial charge in [0.05, 0.1) is 5.69 Å². The van der Waals surface area contributed by atoms with Crippen LogP contribution in [0.15, 0.2) is 10.6 Å². The van der Waals surface area contributed by atoms with Crippen LogP contribution in [0.2, 0.25) is 0 Å². The van der Waals surface area contributed by atoms with Crippen molar-refractivity contribution >= 4 is 0 Å². The standard InChI is InChI=1S/C6H6F3NO2/c1-3-2-4(12-10-3)5(11)6(7,8)9/h2,5,11H,1H3/t5-/m0/s1. The molecule has 0 aliphatic rings. The molecule has 0 bridgehead atoms. The third kappa shape index (κ3) is 1.76. The summed E-state index contributed by atoms with van der Waals surface area (Å²) >= 11 is 0. The molecule has 0 fully saturated rings. The van der Waals surface area contributed by atoms with E-state index in [0.717, 1.165) is 6.07 Å². The molecule has 0 aliphatic heterocycles. The van der Waals surface area contributed by atoms with Gasteiger partial charge in [0.15, 0.2) is 5.76 Å². The molecule has 1 aromatic rings. The second-order valence-corrected chi connectivity index (χ2v) is 2.31. The number of nitrogens with zero attached hydrogens (tertiary/aromatic N) is 1. The fourth-order valence-corrected chi connectivity index (χ4v) is 0.673. The Morgan fingerprint density at radius 1 is 1.58 bits per heavy atom. The van der Waals surface area contributed by atoms with Gasteiger partial charge in [-0.1, -0.05) is 5.16 Å². The van der Waals surface area contributed by atoms with E-state index in [0.29, 0.717) is 5.69 Å². The van der Waals surface area contributed by atoms with Crippen LogP contribution in [0.25, 0.3) is 0 Å². The van der Waals surface area contributed by atoms with Gasteiger partial charge >= 0.3 is 6.18 Å². The van der Waals surface area contributed by atoms with Gasteiger partial charge in [0.2, 0.25) is 6.10 Å². The highest BCUT2D eigenvalue weighted by atomic mass is 19.4. The molecule has 12 heavy (non-hydrogen) atoms. The lowest BCUT2D eigenvalue weighted by Crippen LogP contribution is -2.19. The monoisotopic (exact) mass is 181 g/mol. The number of alkyl halides is 3. The lowest BCUT2D eigenvalue weighted by atomic mass is 10.2. The van der Waals surface area contributed by atoms with Gasteiger partial charge in [-0.2, -0.15) is 13.2 Å². The molecule has 0 unspecified atom stereocenters. The molecule has 1 rings (SSSR count). The maximum atomic E-state index is 11.8. The third-order valence-corrected chi connectivity index (χ3v) is 1.23. The fourth-order valence-electron chi connectivity index (χ4n) is 0.673. The number of rotatable bonds is 1. The van der Waals surface area contributed by atoms with Gasteiger partial charge in [-0.3, -0.25) is 0 Å². The van der Waals surface area contributed by atoms with Gasteiger partial charge in [0, 0.05) is 6.07 Å². The predicted molar refractivity (Wildman–Crippen MR) is 32.3 cm³/mol. The number of aryl methyl sites for hydroxylation is 1. The molecule has 0 saturated heterocycles. The molecule has 0 saturated carbocycles. The number of aliphatic hydroxyl groups excluding tert-OH is 1. The number of aliphatic hydroxyl groups is 1. The van der Waals surface area contributed by atoms with Gasteiger partial charge in [0.25, 0.3) is 0 Å². The number of hydrogen-bond donors (Lipinski definition) is 1. The van der Waals surface area contributed by atoms with Crippen molar-refractivity contribution in [3.63, 3.8) is 0 Å². The van der Waals surface area contributed by atoms with Crippen LogP contribution >= 0.6 is 0 Å². The van der Waals surface area contributed by atoms with Gasteiger partial charge in [-0.15, -0.1) is 0 Å². The van der Waals surface area contributed by atoms with E-state index < -0.39 is 18.0 Å². The summed E-state index contributed by atoms with van der Waals surface area (Å²) in [6, 6.07) is 1.04. The van der Waals surface area contributed by atoms with Crippen molar-refractivity contribution in [2.24, 2.45) is 0 Å². The summed E-state index contributed by atoms with van der Waals surface area (Å²) in [6.45, 7) is 1.47. The minimum Gasteiger partial charge on any atom is -0.377 e. The lowest BCUT2D eigenvalue weighted by Gasteiger charge is -2.09. The van der Waals surface area contributed by atoms with E-state index in [1.54, 1.807) is 0 Å². The molecule has 0 aromatic carbocycles. The molecule has 0 radical (unpaired) electrons. The molecular weight excluding hydrogens is 175 g/mol. The van der Waals surface area contributed by atoms with Crippen molar-refractivity contribution in [1.29, 1.82) is 0 Å². The van der Waals surface area contributed by atoms with Crippen molar-refractivity contribution in [3.05, 3.63) is 17.5 Å². The number of aromatic nitrogens is 1. The van der Waals surface area contributed by atoms with E-state index in [1.807, 2.05) is 0 Å². The first-order chi connectivity index (χ1) is 5.41. The van der Waals surface area contributed by atoms with Crippen molar-refractivity contribution in [1.82, 2.24) is 5.16 Å². The zero-order valence-corrected chi connectivity index (χ0v) is 6.09. The van der Waals surface area contributed by atoms with E-state index in [4.69, 9.17) is 5.11 Å². The Hall–Kier alpha value is -1.04. The van der Waals surface area contributed by atoms with E-state index in [1.165, 1.54) is 6.92 Å². The van der Waals surface area contributed by atoms with Crippen LogP contribution in [-0.2, 0) is 0 Å². The summed E-state index contributed by atoms with van der Waals surface area (Å²) < 4.78 is 39.7. The first-order valence-electron chi connectivity index (χ1n) is 3.09. The maximum absolute atomic E-state index is 11.8. The smallest absolute Gasteiger partial charge is 0.377 e. The molecule has 3 nitrogen and oxygen atoms in total. The lowest BCUT2D eigenvalue weighted by molar-refractivity contribution is -0.212. The summed E-state index contributed by atoms with van der Waals surface area (Å²) in [4.78, 5) is 0. The van der Waals surface area contributed by atoms with Crippen LogP contribution in [-0.4, -0.2) is 16.4 Å². The Labute approximate surface area is 65.8 Å². The second kappa shape index (κ2) is 2.78. The molecule has 1 atom stereocenters. The summed E-state index contributed by atoms with van der Waals surface area (Å²) in [5.74, 6) is -0.583. The van der Waals surface area contributed by atoms with Crippen LogP contribution in [0, 0.1) is 6.92 Å². The van der Waals surface area contributed by atoms with E-state index in [2.05, 4.69) is 9.68 Å². The highest BCUT2D eigenvalue weighted by Crippen LogP contribution is 2.32. The normalized spacial score (nSPS) is 14.8. The Morgan fingerprint density at radius 3 is 2.50 bits per heavy atom. The van der Waals surface area contributed by atoms with E-state index >= 15 is 0 Å². The zero-order chi connectivity index (χ0) is 9.35. The average Bonchev–Trinajstić information content (AvgIpc) is 2.32. The molecule has 0 spiro atoms. The summed E-state index contributed by atoms with van der Waals surface area (Å²) in [6.07, 6.45) is -7.29. The SMILES string of the molecule is Cc1cc([C@H](O)C(F)(F)F)on1. The van der Waals surface area contributed by atoms with Crippen LogP contribution in [0.5, 0.6) is 0 Å². The summed E-state index contributed by atoms with van der Waals surface area (Å²) in [7, 11) is 0. The van der Waals surface area contributed by atoms with Crippen molar-refractivity contribution in [3.8, 4) is 0 Å². The Morgan fingerprint density at radius 2 is 2.17 bits per heavy atom. The second-order valence-electron chi connectivity index (χ2n) is 2.31. The molecule has 68 valence electrons. The number of halogens is 3. The van der Waals surface area contributed by atoms with Gasteiger partial charge < -0.3 is 9.63 Å². The van der Waals surface area contributed by atoms with E-state index in [-0.39, 0.29) is 0 Å². The van der Waals surface area contributed by atoms with Crippen LogP contribution in [0.3, 0.4) is 0 Å². The number of hydrogen-bond acceptors (Lipinski definition) is 3. The molecule has 1 N–H and O–H groups in total. The Kier molecular flexibility index (Phi) is 2.10. The van der Waals surface area contributed by atoms with Crippen LogP contribution in [0.1, 0.15) is 17.6 Å². The summed E-state index contributed by atoms with van der Waals surface area (Å²) in [5, 5.41) is 11.8. The first kappa shape index (κ1) is 9.05. The van der Waals surface area contributed by atoms with Crippen LogP contribution in [0.4, 0.5) is 13.2 Å². The largest absolute Gasteiger partial charge is 0.421 e. The highest BCUT2D eigenvalue weighted by molar-refractivity contribution is 5.07. The molecule has 1 aromatic heterocycles. The fraction of sp³-hybridized carbons (Fsp3) is 0.500. The average molecular weight is 181 g/mol. The predicted octanol–water partition coefficient (Wildman–Crippen LogP) is 1.58. The summed E-state index contributed by atoms with van der Waals surface area (Å²) in [5.41, 5.74) is 0.299. The molecular formula is C6H6F3NO2. The van der Waals surface area contributed by atoms with Gasteiger partial charge in [-0.05, 0) is 6.92 Å².